The lowest BCUT2D eigenvalue weighted by molar-refractivity contribution is -0.148. The zero-order valence-corrected chi connectivity index (χ0v) is 20.1. The number of aryl methyl sites for hydroxylation is 1. The highest BCUT2D eigenvalue weighted by Crippen LogP contribution is 2.30. The Hall–Kier alpha value is -2.10. The second-order valence-electron chi connectivity index (χ2n) is 8.07. The van der Waals surface area contributed by atoms with Crippen LogP contribution in [-0.2, 0) is 14.3 Å². The van der Waals surface area contributed by atoms with Gasteiger partial charge in [-0.1, -0.05) is 59.6 Å². The number of hydrogen-bond acceptors (Lipinski definition) is 6. The van der Waals surface area contributed by atoms with Crippen LogP contribution >= 0.6 is 15.9 Å². The molecule has 0 radical (unpaired) electrons. The minimum atomic E-state index is -0.716. The van der Waals surface area contributed by atoms with Gasteiger partial charge in [-0.2, -0.15) is 0 Å². The summed E-state index contributed by atoms with van der Waals surface area (Å²) in [5.74, 6) is -0.314. The maximum Gasteiger partial charge on any atom is 0.330 e. The zero-order chi connectivity index (χ0) is 23.3. The second kappa shape index (κ2) is 14.1. The molecule has 0 saturated carbocycles. The van der Waals surface area contributed by atoms with E-state index >= 15 is 0 Å². The van der Waals surface area contributed by atoms with Crippen molar-refractivity contribution >= 4 is 21.9 Å². The molecule has 0 aliphatic carbocycles. The molecular weight excluding hydrogens is 482 g/mol. The van der Waals surface area contributed by atoms with Crippen molar-refractivity contribution in [3.05, 3.63) is 43.0 Å². The maximum absolute atomic E-state index is 12.1. The van der Waals surface area contributed by atoms with Crippen LogP contribution in [0.2, 0.25) is 0 Å². The minimum absolute atomic E-state index is 0.0519. The third kappa shape index (κ3) is 8.44. The van der Waals surface area contributed by atoms with E-state index in [1.54, 1.807) is 6.92 Å². The fraction of sp³-hybridized carbons (Fsp3) is 0.762. The number of nitrogens with zero attached hydrogens (tertiary/aromatic N) is 4. The van der Waals surface area contributed by atoms with E-state index < -0.39 is 29.6 Å². The molecule has 0 aromatic carbocycles. The van der Waals surface area contributed by atoms with Gasteiger partial charge >= 0.3 is 11.7 Å². The standard InChI is InChI=1S/C21H32BrN5O5/c1-15-13-27(21(30)24-20(15)29)18-12-16(25-26-23)17(32-18)14-31-19(28)10-8-6-4-2-3-5-7-9-11-22/h13,16-18H,2-12,14H2,1H3,(H,24,29,30). The molecule has 0 amide bonds. The van der Waals surface area contributed by atoms with Crippen molar-refractivity contribution in [2.45, 2.75) is 89.5 Å². The average molecular weight is 514 g/mol. The third-order valence-corrected chi connectivity index (χ3v) is 6.09. The molecule has 1 fully saturated rings. The summed E-state index contributed by atoms with van der Waals surface area (Å²) >= 11 is 3.43. The van der Waals surface area contributed by atoms with Gasteiger partial charge in [0.2, 0.25) is 0 Å². The maximum atomic E-state index is 12.1. The fourth-order valence-corrected chi connectivity index (χ4v) is 4.09. The number of unbranched alkanes of at least 4 members (excludes halogenated alkanes) is 7. The Morgan fingerprint density at radius 2 is 1.91 bits per heavy atom. The van der Waals surface area contributed by atoms with Crippen LogP contribution in [0.3, 0.4) is 0 Å². The number of carbonyl (C=O) groups excluding carboxylic acids is 1. The van der Waals surface area contributed by atoms with Crippen LogP contribution in [0.15, 0.2) is 20.9 Å². The highest BCUT2D eigenvalue weighted by Gasteiger charge is 2.37. The molecule has 32 heavy (non-hydrogen) atoms. The molecule has 178 valence electrons. The van der Waals surface area contributed by atoms with Crippen LogP contribution in [0.1, 0.15) is 76.0 Å². The van der Waals surface area contributed by atoms with Gasteiger partial charge in [-0.3, -0.25) is 19.1 Å². The second-order valence-corrected chi connectivity index (χ2v) is 8.86. The van der Waals surface area contributed by atoms with Crippen molar-refractivity contribution in [1.29, 1.82) is 0 Å². The number of rotatable bonds is 14. The molecule has 0 bridgehead atoms. The molecule has 2 heterocycles. The molecule has 1 aliphatic rings. The van der Waals surface area contributed by atoms with E-state index in [1.165, 1.54) is 42.9 Å². The van der Waals surface area contributed by atoms with Crippen LogP contribution in [-0.4, -0.2) is 39.6 Å². The lowest BCUT2D eigenvalue weighted by atomic mass is 10.1. The quantitative estimate of drug-likeness (QED) is 0.0987. The van der Waals surface area contributed by atoms with Gasteiger partial charge in [0.05, 0.1) is 6.04 Å². The molecule has 1 aromatic rings. The summed E-state index contributed by atoms with van der Waals surface area (Å²) in [6, 6.07) is -0.582. The number of nitrogens with one attached hydrogen (secondary N) is 1. The number of esters is 1. The summed E-state index contributed by atoms with van der Waals surface area (Å²) in [5.41, 5.74) is 8.13. The lowest BCUT2D eigenvalue weighted by Crippen LogP contribution is -2.33. The predicted octanol–water partition coefficient (Wildman–Crippen LogP) is 4.26. The van der Waals surface area contributed by atoms with Crippen molar-refractivity contribution in [2.75, 3.05) is 11.9 Å². The van der Waals surface area contributed by atoms with E-state index in [0.29, 0.717) is 12.0 Å². The van der Waals surface area contributed by atoms with Gasteiger partial charge in [0.1, 0.15) is 18.9 Å². The summed E-state index contributed by atoms with van der Waals surface area (Å²) in [7, 11) is 0. The number of alkyl halides is 1. The van der Waals surface area contributed by atoms with Crippen molar-refractivity contribution in [3.63, 3.8) is 0 Å². The third-order valence-electron chi connectivity index (χ3n) is 5.53. The fourth-order valence-electron chi connectivity index (χ4n) is 3.70. The Bertz CT molecular complexity index is 895. The molecule has 0 spiro atoms. The van der Waals surface area contributed by atoms with E-state index in [9.17, 15) is 14.4 Å². The van der Waals surface area contributed by atoms with Gasteiger partial charge in [0.25, 0.3) is 5.56 Å². The Morgan fingerprint density at radius 1 is 1.25 bits per heavy atom. The summed E-state index contributed by atoms with van der Waals surface area (Å²) < 4.78 is 12.4. The Labute approximate surface area is 195 Å². The molecule has 1 aromatic heterocycles. The van der Waals surface area contributed by atoms with E-state index in [4.69, 9.17) is 15.0 Å². The van der Waals surface area contributed by atoms with E-state index in [2.05, 4.69) is 30.9 Å². The first-order chi connectivity index (χ1) is 15.5. The Balaban J connectivity index is 1.75. The molecule has 1 N–H and O–H groups in total. The van der Waals surface area contributed by atoms with Crippen LogP contribution in [0.5, 0.6) is 0 Å². The molecule has 1 aliphatic heterocycles. The van der Waals surface area contributed by atoms with Gasteiger partial charge in [0, 0.05) is 34.8 Å². The topological polar surface area (TPSA) is 139 Å². The molecule has 1 saturated heterocycles. The van der Waals surface area contributed by atoms with Gasteiger partial charge in [-0.05, 0) is 25.3 Å². The molecule has 10 nitrogen and oxygen atoms in total. The number of halogens is 1. The summed E-state index contributed by atoms with van der Waals surface area (Å²) in [6.07, 6.45) is 9.66. The van der Waals surface area contributed by atoms with Crippen molar-refractivity contribution in [1.82, 2.24) is 9.55 Å². The molecule has 2 rings (SSSR count). The van der Waals surface area contributed by atoms with Gasteiger partial charge in [-0.25, -0.2) is 4.79 Å². The predicted molar refractivity (Wildman–Crippen MR) is 124 cm³/mol. The van der Waals surface area contributed by atoms with Crippen molar-refractivity contribution in [2.24, 2.45) is 5.11 Å². The van der Waals surface area contributed by atoms with E-state index in [0.717, 1.165) is 24.6 Å². The largest absolute Gasteiger partial charge is 0.463 e. The molecule has 11 heteroatoms. The summed E-state index contributed by atoms with van der Waals surface area (Å²) in [5, 5.41) is 4.79. The molecule has 3 unspecified atom stereocenters. The average Bonchev–Trinajstić information content (AvgIpc) is 3.16. The zero-order valence-electron chi connectivity index (χ0n) is 18.5. The highest BCUT2D eigenvalue weighted by molar-refractivity contribution is 9.09. The van der Waals surface area contributed by atoms with Crippen LogP contribution in [0.25, 0.3) is 10.4 Å². The van der Waals surface area contributed by atoms with Crippen LogP contribution in [0.4, 0.5) is 0 Å². The summed E-state index contributed by atoms with van der Waals surface area (Å²) in [4.78, 5) is 40.8. The van der Waals surface area contributed by atoms with Crippen LogP contribution in [0, 0.1) is 6.92 Å². The number of azide groups is 1. The van der Waals surface area contributed by atoms with Gasteiger partial charge in [0.15, 0.2) is 0 Å². The highest BCUT2D eigenvalue weighted by atomic mass is 79.9. The minimum Gasteiger partial charge on any atom is -0.463 e. The molecule has 3 atom stereocenters. The number of aromatic amines is 1. The summed E-state index contributed by atoms with van der Waals surface area (Å²) in [6.45, 7) is 1.53. The normalized spacial score (nSPS) is 20.1. The monoisotopic (exact) mass is 513 g/mol. The first-order valence-corrected chi connectivity index (χ1v) is 12.3. The Morgan fingerprint density at radius 3 is 2.56 bits per heavy atom. The number of aromatic nitrogens is 2. The molecular formula is C21H32BrN5O5. The van der Waals surface area contributed by atoms with Crippen molar-refractivity contribution < 1.29 is 14.3 Å². The van der Waals surface area contributed by atoms with E-state index in [1.807, 2.05) is 0 Å². The number of carbonyl (C=O) groups is 1. The van der Waals surface area contributed by atoms with Gasteiger partial charge < -0.3 is 9.47 Å². The van der Waals surface area contributed by atoms with Gasteiger partial charge in [-0.15, -0.1) is 0 Å². The smallest absolute Gasteiger partial charge is 0.330 e. The number of hydrogen-bond donors (Lipinski definition) is 1. The SMILES string of the molecule is Cc1cn(C2CC(N=[N+]=[N-])C(COC(=O)CCCCCCCCCCBr)O2)c(=O)[nH]c1=O. The first-order valence-electron chi connectivity index (χ1n) is 11.2. The van der Waals surface area contributed by atoms with Crippen molar-refractivity contribution in [3.8, 4) is 0 Å². The number of ether oxygens (including phenoxy) is 2. The number of H-pyrrole nitrogens is 1. The first kappa shape index (κ1) is 26.2. The van der Waals surface area contributed by atoms with E-state index in [-0.39, 0.29) is 19.0 Å². The Kier molecular flexibility index (Phi) is 11.5. The van der Waals surface area contributed by atoms with Crippen LogP contribution < -0.4 is 11.2 Å². The lowest BCUT2D eigenvalue weighted by Gasteiger charge is -2.17.